The lowest BCUT2D eigenvalue weighted by atomic mass is 9.99. The maximum atomic E-state index is 12.1. The number of aromatic nitrogens is 2. The number of amides is 1. The van der Waals surface area contributed by atoms with E-state index in [2.05, 4.69) is 10.4 Å². The Morgan fingerprint density at radius 2 is 2.11 bits per heavy atom. The average molecular weight is 267 g/mol. The summed E-state index contributed by atoms with van der Waals surface area (Å²) < 4.78 is 1.57. The third-order valence-electron chi connectivity index (χ3n) is 3.20. The van der Waals surface area contributed by atoms with E-state index in [1.807, 2.05) is 13.8 Å². The highest BCUT2D eigenvalue weighted by Gasteiger charge is 2.26. The molecule has 106 valence electrons. The molecule has 0 bridgehead atoms. The smallest absolute Gasteiger partial charge is 0.326 e. The number of hydrogen-bond donors (Lipinski definition) is 2. The van der Waals surface area contributed by atoms with Gasteiger partial charge < -0.3 is 10.4 Å². The Bertz CT molecular complexity index is 468. The summed E-state index contributed by atoms with van der Waals surface area (Å²) in [7, 11) is 0. The zero-order chi connectivity index (χ0) is 14.6. The molecule has 19 heavy (non-hydrogen) atoms. The lowest BCUT2D eigenvalue weighted by Crippen LogP contribution is -2.45. The molecule has 1 heterocycles. The van der Waals surface area contributed by atoms with Crippen LogP contribution in [-0.4, -0.2) is 32.8 Å². The quantitative estimate of drug-likeness (QED) is 0.816. The van der Waals surface area contributed by atoms with Crippen molar-refractivity contribution in [3.63, 3.8) is 0 Å². The van der Waals surface area contributed by atoms with Crippen LogP contribution in [0.4, 0.5) is 0 Å². The number of aliphatic carboxylic acids is 1. The number of aryl methyl sites for hydroxylation is 2. The second kappa shape index (κ2) is 6.36. The van der Waals surface area contributed by atoms with Crippen molar-refractivity contribution in [1.29, 1.82) is 0 Å². The molecule has 2 atom stereocenters. The monoisotopic (exact) mass is 267 g/mol. The van der Waals surface area contributed by atoms with Crippen molar-refractivity contribution < 1.29 is 14.7 Å². The lowest BCUT2D eigenvalue weighted by Gasteiger charge is -2.20. The van der Waals surface area contributed by atoms with Gasteiger partial charge in [0.25, 0.3) is 5.91 Å². The maximum Gasteiger partial charge on any atom is 0.326 e. The summed E-state index contributed by atoms with van der Waals surface area (Å²) >= 11 is 0. The van der Waals surface area contributed by atoms with Gasteiger partial charge in [-0.3, -0.25) is 9.48 Å². The van der Waals surface area contributed by atoms with E-state index in [1.165, 1.54) is 0 Å². The zero-order valence-corrected chi connectivity index (χ0v) is 11.8. The highest BCUT2D eigenvalue weighted by Crippen LogP contribution is 2.10. The average Bonchev–Trinajstić information content (AvgIpc) is 2.75. The Labute approximate surface area is 112 Å². The predicted octanol–water partition coefficient (Wildman–Crippen LogP) is 1.44. The van der Waals surface area contributed by atoms with Gasteiger partial charge in [-0.05, 0) is 25.8 Å². The number of rotatable bonds is 6. The molecule has 0 fully saturated rings. The second-order valence-corrected chi connectivity index (χ2v) is 4.66. The van der Waals surface area contributed by atoms with Crippen molar-refractivity contribution in [3.05, 3.63) is 17.5 Å². The van der Waals surface area contributed by atoms with E-state index in [0.717, 1.165) is 5.69 Å². The van der Waals surface area contributed by atoms with E-state index in [9.17, 15) is 9.59 Å². The molecule has 6 nitrogen and oxygen atoms in total. The number of carboxylic acid groups (broad SMARTS) is 1. The van der Waals surface area contributed by atoms with E-state index in [0.29, 0.717) is 18.7 Å². The molecule has 0 saturated heterocycles. The minimum atomic E-state index is -1.01. The summed E-state index contributed by atoms with van der Waals surface area (Å²) in [6.07, 6.45) is 0.684. The van der Waals surface area contributed by atoms with E-state index >= 15 is 0 Å². The molecular formula is C13H21N3O3. The lowest BCUT2D eigenvalue weighted by molar-refractivity contribution is -0.140. The Kier molecular flexibility index (Phi) is 5.09. The van der Waals surface area contributed by atoms with Gasteiger partial charge in [-0.15, -0.1) is 0 Å². The number of carbonyl (C=O) groups excluding carboxylic acids is 1. The summed E-state index contributed by atoms with van der Waals surface area (Å²) in [5.41, 5.74) is 1.14. The summed E-state index contributed by atoms with van der Waals surface area (Å²) in [6.45, 7) is 7.95. The SMILES string of the molecule is CCC(C)[C@H](NC(=O)c1cc(C)nn1CC)C(=O)O. The van der Waals surface area contributed by atoms with Crippen LogP contribution in [0.3, 0.4) is 0 Å². The fraction of sp³-hybridized carbons (Fsp3) is 0.615. The molecule has 0 saturated carbocycles. The molecule has 2 N–H and O–H groups in total. The maximum absolute atomic E-state index is 12.1. The second-order valence-electron chi connectivity index (χ2n) is 4.66. The number of nitrogens with zero attached hydrogens (tertiary/aromatic N) is 2. The molecular weight excluding hydrogens is 246 g/mol. The molecule has 0 aromatic carbocycles. The van der Waals surface area contributed by atoms with Crippen LogP contribution in [0.2, 0.25) is 0 Å². The van der Waals surface area contributed by atoms with Crippen LogP contribution >= 0.6 is 0 Å². The van der Waals surface area contributed by atoms with Crippen LogP contribution in [0.1, 0.15) is 43.4 Å². The molecule has 0 aliphatic heterocycles. The van der Waals surface area contributed by atoms with Crippen molar-refractivity contribution in [2.24, 2.45) is 5.92 Å². The van der Waals surface area contributed by atoms with Gasteiger partial charge in [0.15, 0.2) is 0 Å². The fourth-order valence-electron chi connectivity index (χ4n) is 1.87. The van der Waals surface area contributed by atoms with E-state index in [4.69, 9.17) is 5.11 Å². The highest BCUT2D eigenvalue weighted by atomic mass is 16.4. The van der Waals surface area contributed by atoms with Crippen LogP contribution in [-0.2, 0) is 11.3 Å². The largest absolute Gasteiger partial charge is 0.480 e. The van der Waals surface area contributed by atoms with Gasteiger partial charge in [-0.1, -0.05) is 20.3 Å². The topological polar surface area (TPSA) is 84.2 Å². The van der Waals surface area contributed by atoms with Crippen LogP contribution in [0.25, 0.3) is 0 Å². The molecule has 6 heteroatoms. The van der Waals surface area contributed by atoms with Gasteiger partial charge in [-0.2, -0.15) is 5.10 Å². The summed E-state index contributed by atoms with van der Waals surface area (Å²) in [5, 5.41) is 15.9. The minimum Gasteiger partial charge on any atom is -0.480 e. The van der Waals surface area contributed by atoms with Crippen molar-refractivity contribution in [1.82, 2.24) is 15.1 Å². The highest BCUT2D eigenvalue weighted by molar-refractivity contribution is 5.95. The van der Waals surface area contributed by atoms with Gasteiger partial charge >= 0.3 is 5.97 Å². The molecule has 1 aromatic rings. The third kappa shape index (κ3) is 3.56. The number of carbonyl (C=O) groups is 2. The Balaban J connectivity index is 2.90. The van der Waals surface area contributed by atoms with Crippen molar-refractivity contribution >= 4 is 11.9 Å². The Morgan fingerprint density at radius 1 is 1.47 bits per heavy atom. The van der Waals surface area contributed by atoms with Gasteiger partial charge in [0.1, 0.15) is 11.7 Å². The van der Waals surface area contributed by atoms with E-state index < -0.39 is 17.9 Å². The van der Waals surface area contributed by atoms with Crippen LogP contribution in [0.15, 0.2) is 6.07 Å². The van der Waals surface area contributed by atoms with Crippen molar-refractivity contribution in [2.45, 2.75) is 46.7 Å². The van der Waals surface area contributed by atoms with Crippen molar-refractivity contribution in [3.8, 4) is 0 Å². The predicted molar refractivity (Wildman–Crippen MR) is 71.0 cm³/mol. The first kappa shape index (κ1) is 15.2. The summed E-state index contributed by atoms with van der Waals surface area (Å²) in [6, 6.07) is 0.784. The molecule has 0 radical (unpaired) electrons. The number of carboxylic acids is 1. The first-order valence-corrected chi connectivity index (χ1v) is 6.48. The van der Waals surface area contributed by atoms with Crippen LogP contribution in [0, 0.1) is 12.8 Å². The normalized spacial score (nSPS) is 13.9. The van der Waals surface area contributed by atoms with Crippen LogP contribution in [0.5, 0.6) is 0 Å². The fourth-order valence-corrected chi connectivity index (χ4v) is 1.87. The molecule has 0 aliphatic rings. The summed E-state index contributed by atoms with van der Waals surface area (Å²) in [5.74, 6) is -1.53. The third-order valence-corrected chi connectivity index (χ3v) is 3.20. The van der Waals surface area contributed by atoms with Crippen molar-refractivity contribution in [2.75, 3.05) is 0 Å². The zero-order valence-electron chi connectivity index (χ0n) is 11.8. The molecule has 1 rings (SSSR count). The van der Waals surface area contributed by atoms with Gasteiger partial charge in [0, 0.05) is 6.54 Å². The van der Waals surface area contributed by atoms with Gasteiger partial charge in [-0.25, -0.2) is 4.79 Å². The molecule has 0 aliphatic carbocycles. The molecule has 1 unspecified atom stereocenters. The molecule has 0 spiro atoms. The molecule has 1 amide bonds. The van der Waals surface area contributed by atoms with Crippen LogP contribution < -0.4 is 5.32 Å². The number of nitrogens with one attached hydrogen (secondary N) is 1. The summed E-state index contributed by atoms with van der Waals surface area (Å²) in [4.78, 5) is 23.3. The standard InChI is InChI=1S/C13H21N3O3/c1-5-8(3)11(13(18)19)14-12(17)10-7-9(4)15-16(10)6-2/h7-8,11H,5-6H2,1-4H3,(H,14,17)(H,18,19)/t8?,11-/m0/s1. The molecule has 1 aromatic heterocycles. The number of hydrogen-bond acceptors (Lipinski definition) is 3. The Morgan fingerprint density at radius 3 is 2.58 bits per heavy atom. The first-order chi connectivity index (χ1) is 8.90. The first-order valence-electron chi connectivity index (χ1n) is 6.48. The Hall–Kier alpha value is -1.85. The van der Waals surface area contributed by atoms with E-state index in [1.54, 1.807) is 24.6 Å². The van der Waals surface area contributed by atoms with Gasteiger partial charge in [0.05, 0.1) is 5.69 Å². The van der Waals surface area contributed by atoms with Gasteiger partial charge in [0.2, 0.25) is 0 Å². The minimum absolute atomic E-state index is 0.124. The van der Waals surface area contributed by atoms with E-state index in [-0.39, 0.29) is 5.92 Å².